The van der Waals surface area contributed by atoms with E-state index in [9.17, 15) is 4.79 Å². The van der Waals surface area contributed by atoms with Crippen molar-refractivity contribution in [3.8, 4) is 0 Å². The van der Waals surface area contributed by atoms with Crippen LogP contribution in [0.3, 0.4) is 0 Å². The second-order valence-electron chi connectivity index (χ2n) is 5.61. The monoisotopic (exact) mass is 255 g/mol. The van der Waals surface area contributed by atoms with Crippen molar-refractivity contribution in [2.24, 2.45) is 10.6 Å². The number of unbranched alkanes of at least 4 members (excludes halogenated alkanes) is 1. The quantitative estimate of drug-likeness (QED) is 0.684. The predicted octanol–water partition coefficient (Wildman–Crippen LogP) is 3.30. The summed E-state index contributed by atoms with van der Waals surface area (Å²) in [6.45, 7) is 10.0. The summed E-state index contributed by atoms with van der Waals surface area (Å²) in [7, 11) is 0. The maximum atomic E-state index is 12.0. The minimum atomic E-state index is -0.694. The average molecular weight is 255 g/mol. The van der Waals surface area contributed by atoms with Crippen molar-refractivity contribution in [2.45, 2.75) is 65.9 Å². The van der Waals surface area contributed by atoms with Crippen LogP contribution in [0.15, 0.2) is 5.16 Å². The Labute approximate surface area is 110 Å². The van der Waals surface area contributed by atoms with E-state index >= 15 is 0 Å². The molecule has 0 aromatic heterocycles. The molecule has 4 heteroatoms. The Morgan fingerprint density at radius 1 is 1.50 bits per heavy atom. The molecule has 0 fully saturated rings. The smallest absolute Gasteiger partial charge is 0.315 e. The maximum Gasteiger partial charge on any atom is 0.315 e. The zero-order valence-electron chi connectivity index (χ0n) is 12.2. The highest BCUT2D eigenvalue weighted by Gasteiger charge is 2.53. The number of esters is 1. The fourth-order valence-corrected chi connectivity index (χ4v) is 2.00. The van der Waals surface area contributed by atoms with Crippen LogP contribution in [-0.4, -0.2) is 23.9 Å². The van der Waals surface area contributed by atoms with E-state index in [1.807, 2.05) is 27.7 Å². The number of hydrogen-bond donors (Lipinski definition) is 0. The van der Waals surface area contributed by atoms with Gasteiger partial charge in [-0.25, -0.2) is 0 Å². The minimum Gasteiger partial charge on any atom is -0.465 e. The van der Waals surface area contributed by atoms with Crippen molar-refractivity contribution in [1.82, 2.24) is 0 Å². The third kappa shape index (κ3) is 2.85. The summed E-state index contributed by atoms with van der Waals surface area (Å²) in [5, 5.41) is 4.14. The zero-order valence-corrected chi connectivity index (χ0v) is 12.2. The average Bonchev–Trinajstić information content (AvgIpc) is 2.70. The van der Waals surface area contributed by atoms with Gasteiger partial charge in [-0.1, -0.05) is 18.5 Å². The second kappa shape index (κ2) is 5.72. The molecule has 0 spiro atoms. The number of nitrogens with zero attached hydrogens (tertiary/aromatic N) is 1. The molecular formula is C14H25NO3. The van der Waals surface area contributed by atoms with E-state index in [1.54, 1.807) is 0 Å². The van der Waals surface area contributed by atoms with Crippen LogP contribution in [-0.2, 0) is 14.4 Å². The standard InChI is InChI=1S/C14H25NO3/c1-6-8-9-11-10-14(5,18-15-11)13(3,4)12(16)17-7-2/h6-10H2,1-5H3. The number of carbonyl (C=O) groups is 1. The lowest BCUT2D eigenvalue weighted by Crippen LogP contribution is -2.48. The molecule has 0 saturated heterocycles. The molecule has 0 amide bonds. The molecule has 1 aliphatic rings. The number of ether oxygens (including phenoxy) is 1. The number of rotatable bonds is 6. The normalized spacial score (nSPS) is 23.5. The molecule has 1 atom stereocenters. The van der Waals surface area contributed by atoms with E-state index in [2.05, 4.69) is 12.1 Å². The Balaban J connectivity index is 2.69. The van der Waals surface area contributed by atoms with E-state index in [0.717, 1.165) is 25.0 Å². The Morgan fingerprint density at radius 3 is 2.72 bits per heavy atom. The summed E-state index contributed by atoms with van der Waals surface area (Å²) < 4.78 is 5.13. The summed E-state index contributed by atoms with van der Waals surface area (Å²) in [5.41, 5.74) is -0.236. The molecule has 0 N–H and O–H groups in total. The molecule has 0 aliphatic carbocycles. The Morgan fingerprint density at radius 2 is 2.17 bits per heavy atom. The lowest BCUT2D eigenvalue weighted by Gasteiger charge is -2.36. The van der Waals surface area contributed by atoms with Gasteiger partial charge < -0.3 is 9.57 Å². The Bertz CT molecular complexity index is 336. The van der Waals surface area contributed by atoms with Gasteiger partial charge in [0.05, 0.1) is 12.3 Å². The molecule has 1 unspecified atom stereocenters. The van der Waals surface area contributed by atoms with Gasteiger partial charge in [-0.05, 0) is 40.5 Å². The van der Waals surface area contributed by atoms with Crippen LogP contribution in [0.2, 0.25) is 0 Å². The molecule has 0 radical (unpaired) electrons. The third-order valence-electron chi connectivity index (χ3n) is 3.84. The van der Waals surface area contributed by atoms with Crippen molar-refractivity contribution >= 4 is 11.7 Å². The SMILES string of the molecule is CCCCC1=NOC(C)(C(C)(C)C(=O)OCC)C1. The first kappa shape index (κ1) is 15.0. The van der Waals surface area contributed by atoms with Gasteiger partial charge in [0, 0.05) is 6.42 Å². The summed E-state index contributed by atoms with van der Waals surface area (Å²) >= 11 is 0. The van der Waals surface area contributed by atoms with Gasteiger partial charge >= 0.3 is 5.97 Å². The van der Waals surface area contributed by atoms with E-state index in [4.69, 9.17) is 9.57 Å². The molecule has 18 heavy (non-hydrogen) atoms. The van der Waals surface area contributed by atoms with Gasteiger partial charge in [-0.2, -0.15) is 0 Å². The van der Waals surface area contributed by atoms with Crippen LogP contribution < -0.4 is 0 Å². The van der Waals surface area contributed by atoms with E-state index in [0.29, 0.717) is 13.0 Å². The predicted molar refractivity (Wildman–Crippen MR) is 71.5 cm³/mol. The maximum absolute atomic E-state index is 12.0. The fraction of sp³-hybridized carbons (Fsp3) is 0.857. The largest absolute Gasteiger partial charge is 0.465 e. The summed E-state index contributed by atoms with van der Waals surface area (Å²) in [4.78, 5) is 17.6. The van der Waals surface area contributed by atoms with Crippen molar-refractivity contribution in [1.29, 1.82) is 0 Å². The first-order valence-electron chi connectivity index (χ1n) is 6.78. The first-order chi connectivity index (χ1) is 8.37. The molecule has 0 aromatic carbocycles. The van der Waals surface area contributed by atoms with Crippen molar-refractivity contribution in [3.05, 3.63) is 0 Å². The summed E-state index contributed by atoms with van der Waals surface area (Å²) in [5.74, 6) is -0.223. The van der Waals surface area contributed by atoms with Gasteiger partial charge in [0.2, 0.25) is 0 Å². The van der Waals surface area contributed by atoms with Crippen LogP contribution in [0.5, 0.6) is 0 Å². The van der Waals surface area contributed by atoms with Gasteiger partial charge in [-0.3, -0.25) is 4.79 Å². The topological polar surface area (TPSA) is 47.9 Å². The summed E-state index contributed by atoms with van der Waals surface area (Å²) in [6.07, 6.45) is 3.90. The van der Waals surface area contributed by atoms with Crippen LogP contribution in [0.4, 0.5) is 0 Å². The lowest BCUT2D eigenvalue weighted by atomic mass is 9.73. The van der Waals surface area contributed by atoms with Gasteiger partial charge in [0.1, 0.15) is 5.41 Å². The molecular weight excluding hydrogens is 230 g/mol. The van der Waals surface area contributed by atoms with Crippen molar-refractivity contribution in [2.75, 3.05) is 6.61 Å². The second-order valence-corrected chi connectivity index (χ2v) is 5.61. The lowest BCUT2D eigenvalue weighted by molar-refractivity contribution is -0.173. The van der Waals surface area contributed by atoms with Crippen LogP contribution in [0, 0.1) is 5.41 Å². The number of carbonyl (C=O) groups excluding carboxylic acids is 1. The molecule has 104 valence electrons. The van der Waals surface area contributed by atoms with Crippen LogP contribution in [0.25, 0.3) is 0 Å². The molecule has 0 bridgehead atoms. The fourth-order valence-electron chi connectivity index (χ4n) is 2.00. The van der Waals surface area contributed by atoms with Gasteiger partial charge in [0.25, 0.3) is 0 Å². The molecule has 1 aliphatic heterocycles. The first-order valence-corrected chi connectivity index (χ1v) is 6.78. The number of hydrogen-bond acceptors (Lipinski definition) is 4. The van der Waals surface area contributed by atoms with E-state index in [1.165, 1.54) is 0 Å². The Hall–Kier alpha value is -1.06. The van der Waals surface area contributed by atoms with E-state index in [-0.39, 0.29) is 5.97 Å². The highest BCUT2D eigenvalue weighted by Crippen LogP contribution is 2.42. The van der Waals surface area contributed by atoms with Crippen molar-refractivity contribution in [3.63, 3.8) is 0 Å². The van der Waals surface area contributed by atoms with E-state index < -0.39 is 11.0 Å². The molecule has 0 aromatic rings. The minimum absolute atomic E-state index is 0.223. The van der Waals surface area contributed by atoms with Gasteiger partial charge in [-0.15, -0.1) is 0 Å². The molecule has 0 saturated carbocycles. The molecule has 1 rings (SSSR count). The highest BCUT2D eigenvalue weighted by atomic mass is 16.7. The number of oxime groups is 1. The van der Waals surface area contributed by atoms with Crippen molar-refractivity contribution < 1.29 is 14.4 Å². The van der Waals surface area contributed by atoms with Gasteiger partial charge in [0.15, 0.2) is 5.60 Å². The molecule has 4 nitrogen and oxygen atoms in total. The zero-order chi connectivity index (χ0) is 13.8. The van der Waals surface area contributed by atoms with Crippen LogP contribution >= 0.6 is 0 Å². The summed E-state index contributed by atoms with van der Waals surface area (Å²) in [6, 6.07) is 0. The third-order valence-corrected chi connectivity index (χ3v) is 3.84. The Kier molecular flexibility index (Phi) is 4.77. The highest BCUT2D eigenvalue weighted by molar-refractivity contribution is 5.88. The van der Waals surface area contributed by atoms with Crippen LogP contribution in [0.1, 0.15) is 60.3 Å². The molecule has 1 heterocycles.